The maximum absolute atomic E-state index is 4.69. The normalized spacial score (nSPS) is 24.6. The molecule has 23 heavy (non-hydrogen) atoms. The van der Waals surface area contributed by atoms with Gasteiger partial charge in [0.15, 0.2) is 0 Å². The second-order valence-electron chi connectivity index (χ2n) is 7.00. The van der Waals surface area contributed by atoms with E-state index in [-0.39, 0.29) is 7.43 Å². The molecule has 1 aromatic heterocycles. The Balaban J connectivity index is 0.00000192. The molecule has 0 aromatic carbocycles. The maximum Gasteiger partial charge on any atom is 0.225 e. The number of rotatable bonds is 5. The molecule has 0 aliphatic carbocycles. The highest BCUT2D eigenvalue weighted by molar-refractivity contribution is 5.36. The van der Waals surface area contributed by atoms with Crippen molar-refractivity contribution in [2.45, 2.75) is 58.7 Å². The molecule has 0 saturated carbocycles. The number of piperazine rings is 1. The molecule has 2 bridgehead atoms. The van der Waals surface area contributed by atoms with Gasteiger partial charge in [0.25, 0.3) is 0 Å². The van der Waals surface area contributed by atoms with Crippen molar-refractivity contribution in [3.63, 3.8) is 0 Å². The van der Waals surface area contributed by atoms with Crippen LogP contribution in [0.1, 0.15) is 45.6 Å². The average Bonchev–Trinajstić information content (AvgIpc) is 2.47. The lowest BCUT2D eigenvalue weighted by molar-refractivity contribution is 0.182. The van der Waals surface area contributed by atoms with Crippen LogP contribution in [-0.2, 0) is 6.54 Å². The van der Waals surface area contributed by atoms with Crippen molar-refractivity contribution in [3.8, 4) is 0 Å². The van der Waals surface area contributed by atoms with Gasteiger partial charge in [0, 0.05) is 49.7 Å². The summed E-state index contributed by atoms with van der Waals surface area (Å²) in [6, 6.07) is 1.18. The maximum atomic E-state index is 4.69. The van der Waals surface area contributed by atoms with E-state index < -0.39 is 0 Å². The Morgan fingerprint density at radius 3 is 2.35 bits per heavy atom. The van der Waals surface area contributed by atoms with Crippen molar-refractivity contribution in [2.75, 3.05) is 38.6 Å². The van der Waals surface area contributed by atoms with E-state index in [0.29, 0.717) is 12.1 Å². The molecule has 3 rings (SSSR count). The Bertz CT molecular complexity index is 461. The standard InChI is InChI=1S/C17H29N5.CH4/c1-4-8-20(2)11-14-9-18-17(19-10-14)22-15-6-5-7-16(22)13-21(3)12-15;/h9-10,15-16H,4-8,11-13H2,1-3H3;1H4. The fourth-order valence-electron chi connectivity index (χ4n) is 3.98. The van der Waals surface area contributed by atoms with Crippen molar-refractivity contribution in [1.29, 1.82) is 0 Å². The Morgan fingerprint density at radius 2 is 1.78 bits per heavy atom. The van der Waals surface area contributed by atoms with E-state index in [4.69, 9.17) is 9.97 Å². The minimum atomic E-state index is 0. The summed E-state index contributed by atoms with van der Waals surface area (Å²) >= 11 is 0. The van der Waals surface area contributed by atoms with Gasteiger partial charge in [0.2, 0.25) is 5.95 Å². The fourth-order valence-corrected chi connectivity index (χ4v) is 3.98. The van der Waals surface area contributed by atoms with Crippen LogP contribution in [0.3, 0.4) is 0 Å². The number of anilines is 1. The van der Waals surface area contributed by atoms with Crippen molar-refractivity contribution in [1.82, 2.24) is 19.8 Å². The zero-order valence-corrected chi connectivity index (χ0v) is 14.2. The third-order valence-electron chi connectivity index (χ3n) is 4.89. The first-order valence-corrected chi connectivity index (χ1v) is 8.63. The lowest BCUT2D eigenvalue weighted by Gasteiger charge is -2.49. The summed E-state index contributed by atoms with van der Waals surface area (Å²) in [6.45, 7) is 6.54. The molecule has 3 heterocycles. The lowest BCUT2D eigenvalue weighted by Crippen LogP contribution is -2.60. The second-order valence-corrected chi connectivity index (χ2v) is 7.00. The molecule has 0 spiro atoms. The molecule has 0 N–H and O–H groups in total. The molecule has 5 heteroatoms. The van der Waals surface area contributed by atoms with Gasteiger partial charge in [-0.3, -0.25) is 0 Å². The van der Waals surface area contributed by atoms with E-state index in [1.807, 2.05) is 12.4 Å². The van der Waals surface area contributed by atoms with Crippen LogP contribution in [0, 0.1) is 0 Å². The SMILES string of the molecule is C.CCCN(C)Cc1cnc(N2C3CCCC2CN(C)C3)nc1. The van der Waals surface area contributed by atoms with Gasteiger partial charge in [-0.15, -0.1) is 0 Å². The number of aromatic nitrogens is 2. The van der Waals surface area contributed by atoms with Gasteiger partial charge >= 0.3 is 0 Å². The van der Waals surface area contributed by atoms with E-state index >= 15 is 0 Å². The molecule has 2 atom stereocenters. The minimum absolute atomic E-state index is 0. The van der Waals surface area contributed by atoms with Crippen molar-refractivity contribution < 1.29 is 0 Å². The molecule has 5 nitrogen and oxygen atoms in total. The molecule has 2 aliphatic rings. The van der Waals surface area contributed by atoms with Crippen LogP contribution in [0.2, 0.25) is 0 Å². The summed E-state index contributed by atoms with van der Waals surface area (Å²) in [4.78, 5) is 16.7. The van der Waals surface area contributed by atoms with Crippen LogP contribution in [0.4, 0.5) is 5.95 Å². The number of hydrogen-bond donors (Lipinski definition) is 0. The highest BCUT2D eigenvalue weighted by atomic mass is 15.4. The highest BCUT2D eigenvalue weighted by Gasteiger charge is 2.37. The van der Waals surface area contributed by atoms with Gasteiger partial charge < -0.3 is 14.7 Å². The molecule has 0 radical (unpaired) electrons. The van der Waals surface area contributed by atoms with E-state index in [0.717, 1.165) is 32.1 Å². The predicted octanol–water partition coefficient (Wildman–Crippen LogP) is 2.63. The molecule has 2 fully saturated rings. The smallest absolute Gasteiger partial charge is 0.225 e. The van der Waals surface area contributed by atoms with E-state index in [2.05, 4.69) is 35.7 Å². The van der Waals surface area contributed by atoms with Crippen LogP contribution < -0.4 is 4.90 Å². The van der Waals surface area contributed by atoms with Crippen LogP contribution in [0.25, 0.3) is 0 Å². The monoisotopic (exact) mass is 319 g/mol. The molecule has 2 saturated heterocycles. The number of likely N-dealkylation sites (tertiary alicyclic amines) is 1. The highest BCUT2D eigenvalue weighted by Crippen LogP contribution is 2.30. The van der Waals surface area contributed by atoms with Crippen molar-refractivity contribution in [2.24, 2.45) is 0 Å². The topological polar surface area (TPSA) is 35.5 Å². The van der Waals surface area contributed by atoms with Gasteiger partial charge in [-0.25, -0.2) is 9.97 Å². The number of fused-ring (bicyclic) bond motifs is 2. The quantitative estimate of drug-likeness (QED) is 0.834. The summed E-state index contributed by atoms with van der Waals surface area (Å²) < 4.78 is 0. The number of piperidine rings is 1. The molecule has 0 amide bonds. The fraction of sp³-hybridized carbons (Fsp3) is 0.778. The van der Waals surface area contributed by atoms with Gasteiger partial charge in [0.1, 0.15) is 0 Å². The predicted molar refractivity (Wildman–Crippen MR) is 96.8 cm³/mol. The third kappa shape index (κ3) is 4.21. The first-order valence-electron chi connectivity index (χ1n) is 8.63. The number of likely N-dealkylation sites (N-methyl/N-ethyl adjacent to an activating group) is 1. The van der Waals surface area contributed by atoms with Crippen LogP contribution in [0.15, 0.2) is 12.4 Å². The second kappa shape index (κ2) is 8.06. The zero-order chi connectivity index (χ0) is 15.5. The average molecular weight is 319 g/mol. The molecule has 2 aliphatic heterocycles. The molecule has 1 aromatic rings. The van der Waals surface area contributed by atoms with Crippen molar-refractivity contribution in [3.05, 3.63) is 18.0 Å². The van der Waals surface area contributed by atoms with E-state index in [9.17, 15) is 0 Å². The first-order chi connectivity index (χ1) is 10.7. The molecular weight excluding hydrogens is 286 g/mol. The number of hydrogen-bond acceptors (Lipinski definition) is 5. The summed E-state index contributed by atoms with van der Waals surface area (Å²) in [7, 11) is 4.39. The van der Waals surface area contributed by atoms with Crippen molar-refractivity contribution >= 4 is 5.95 Å². The van der Waals surface area contributed by atoms with Gasteiger partial charge in [0.05, 0.1) is 0 Å². The van der Waals surface area contributed by atoms with Gasteiger partial charge in [-0.05, 0) is 46.3 Å². The van der Waals surface area contributed by atoms with Gasteiger partial charge in [-0.1, -0.05) is 14.4 Å². The Labute approximate surface area is 141 Å². The Kier molecular flexibility index (Phi) is 6.36. The summed E-state index contributed by atoms with van der Waals surface area (Å²) in [5.41, 5.74) is 1.21. The lowest BCUT2D eigenvalue weighted by atomic mass is 9.92. The minimum Gasteiger partial charge on any atom is -0.332 e. The van der Waals surface area contributed by atoms with E-state index in [1.165, 1.54) is 31.2 Å². The summed E-state index contributed by atoms with van der Waals surface area (Å²) in [5.74, 6) is 0.935. The number of nitrogens with zero attached hydrogens (tertiary/aromatic N) is 5. The summed E-state index contributed by atoms with van der Waals surface area (Å²) in [6.07, 6.45) is 9.10. The molecule has 130 valence electrons. The van der Waals surface area contributed by atoms with Crippen LogP contribution >= 0.6 is 0 Å². The third-order valence-corrected chi connectivity index (χ3v) is 4.89. The van der Waals surface area contributed by atoms with Crippen LogP contribution in [-0.4, -0.2) is 65.6 Å². The van der Waals surface area contributed by atoms with E-state index in [1.54, 1.807) is 0 Å². The summed E-state index contributed by atoms with van der Waals surface area (Å²) in [5, 5.41) is 0. The Morgan fingerprint density at radius 1 is 1.17 bits per heavy atom. The van der Waals surface area contributed by atoms with Crippen LogP contribution in [0.5, 0.6) is 0 Å². The zero-order valence-electron chi connectivity index (χ0n) is 14.2. The molecular formula is C18H33N5. The van der Waals surface area contributed by atoms with Gasteiger partial charge in [-0.2, -0.15) is 0 Å². The Hall–Kier alpha value is -1.20. The molecule has 2 unspecified atom stereocenters. The largest absolute Gasteiger partial charge is 0.332 e. The first kappa shape index (κ1) is 18.1.